The summed E-state index contributed by atoms with van der Waals surface area (Å²) in [7, 11) is 0. The van der Waals surface area contributed by atoms with E-state index in [1.807, 2.05) is 5.38 Å². The quantitative estimate of drug-likeness (QED) is 0.819. The first kappa shape index (κ1) is 12.2. The minimum atomic E-state index is -1.12. The van der Waals surface area contributed by atoms with Gasteiger partial charge in [0.05, 0.1) is 17.6 Å². The Morgan fingerprint density at radius 1 is 1.50 bits per heavy atom. The Morgan fingerprint density at radius 2 is 2.33 bits per heavy atom. The van der Waals surface area contributed by atoms with Crippen LogP contribution >= 0.6 is 11.3 Å². The van der Waals surface area contributed by atoms with Gasteiger partial charge in [0.25, 0.3) is 5.91 Å². The Morgan fingerprint density at radius 3 is 2.94 bits per heavy atom. The fourth-order valence-electron chi connectivity index (χ4n) is 1.28. The maximum absolute atomic E-state index is 11.6. The number of nitrogens with one attached hydrogen (secondary N) is 1. The highest BCUT2D eigenvalue weighted by molar-refractivity contribution is 7.12. The minimum Gasteiger partial charge on any atom is -0.476 e. The van der Waals surface area contributed by atoms with Gasteiger partial charge in [-0.2, -0.15) is 0 Å². The molecule has 2 heterocycles. The second-order valence-corrected chi connectivity index (χ2v) is 4.35. The number of carboxylic acids is 1. The number of thiophene rings is 1. The van der Waals surface area contributed by atoms with Crippen LogP contribution < -0.4 is 5.32 Å². The molecule has 0 saturated carbocycles. The lowest BCUT2D eigenvalue weighted by Gasteiger charge is -2.02. The van der Waals surface area contributed by atoms with E-state index in [0.717, 1.165) is 0 Å². The lowest BCUT2D eigenvalue weighted by atomic mass is 10.4. The Bertz CT molecular complexity index is 549. The standard InChI is InChI=1S/C10H10N4O3S/c15-9(8-2-1-5-18-8)11-3-4-14-6-7(10(16)17)12-13-14/h1-2,5-6H,3-4H2,(H,11,15)(H,16,17). The van der Waals surface area contributed by atoms with E-state index in [9.17, 15) is 9.59 Å². The fraction of sp³-hybridized carbons (Fsp3) is 0.200. The molecule has 0 spiro atoms. The number of carbonyl (C=O) groups is 2. The summed E-state index contributed by atoms with van der Waals surface area (Å²) in [4.78, 5) is 22.8. The van der Waals surface area contributed by atoms with Crippen LogP contribution in [0, 0.1) is 0 Å². The topological polar surface area (TPSA) is 97.1 Å². The molecule has 2 rings (SSSR count). The fourth-order valence-corrected chi connectivity index (χ4v) is 1.92. The Labute approximate surface area is 106 Å². The van der Waals surface area contributed by atoms with Crippen molar-refractivity contribution in [2.75, 3.05) is 6.54 Å². The van der Waals surface area contributed by atoms with Gasteiger partial charge in [-0.3, -0.25) is 4.79 Å². The molecule has 0 aliphatic carbocycles. The van der Waals surface area contributed by atoms with Gasteiger partial charge in [-0.1, -0.05) is 11.3 Å². The summed E-state index contributed by atoms with van der Waals surface area (Å²) in [5.41, 5.74) is -0.111. The monoisotopic (exact) mass is 266 g/mol. The van der Waals surface area contributed by atoms with Gasteiger partial charge in [0.15, 0.2) is 5.69 Å². The summed E-state index contributed by atoms with van der Waals surface area (Å²) in [5.74, 6) is -1.27. The number of hydrogen-bond donors (Lipinski definition) is 2. The average molecular weight is 266 g/mol. The predicted octanol–water partition coefficient (Wildman–Crippen LogP) is 0.468. The van der Waals surface area contributed by atoms with Crippen LogP contribution in [0.15, 0.2) is 23.7 Å². The van der Waals surface area contributed by atoms with E-state index in [1.165, 1.54) is 22.2 Å². The number of aromatic nitrogens is 3. The second kappa shape index (κ2) is 5.41. The molecule has 0 fully saturated rings. The number of rotatable bonds is 5. The van der Waals surface area contributed by atoms with Gasteiger partial charge in [0, 0.05) is 6.54 Å². The first-order valence-electron chi connectivity index (χ1n) is 5.12. The van der Waals surface area contributed by atoms with E-state index in [0.29, 0.717) is 18.0 Å². The molecule has 0 aliphatic rings. The molecular formula is C10H10N4O3S. The molecule has 2 aromatic heterocycles. The van der Waals surface area contributed by atoms with Crippen molar-refractivity contribution in [1.82, 2.24) is 20.3 Å². The van der Waals surface area contributed by atoms with Crippen molar-refractivity contribution in [3.63, 3.8) is 0 Å². The smallest absolute Gasteiger partial charge is 0.358 e. The van der Waals surface area contributed by atoms with Crippen LogP contribution in [-0.2, 0) is 6.54 Å². The Hall–Kier alpha value is -2.22. The molecular weight excluding hydrogens is 256 g/mol. The summed E-state index contributed by atoms with van der Waals surface area (Å²) in [6.45, 7) is 0.733. The van der Waals surface area contributed by atoms with Gasteiger partial charge in [0.2, 0.25) is 0 Å². The van der Waals surface area contributed by atoms with Crippen molar-refractivity contribution >= 4 is 23.2 Å². The number of hydrogen-bond acceptors (Lipinski definition) is 5. The Balaban J connectivity index is 1.81. The van der Waals surface area contributed by atoms with E-state index < -0.39 is 5.97 Å². The van der Waals surface area contributed by atoms with Crippen molar-refractivity contribution in [2.45, 2.75) is 6.54 Å². The van der Waals surface area contributed by atoms with Gasteiger partial charge in [-0.25, -0.2) is 9.48 Å². The van der Waals surface area contributed by atoms with Gasteiger partial charge in [0.1, 0.15) is 0 Å². The van der Waals surface area contributed by atoms with Gasteiger partial charge < -0.3 is 10.4 Å². The molecule has 0 unspecified atom stereocenters. The second-order valence-electron chi connectivity index (χ2n) is 3.41. The third kappa shape index (κ3) is 2.92. The van der Waals surface area contributed by atoms with E-state index in [2.05, 4.69) is 15.6 Å². The number of carboxylic acid groups (broad SMARTS) is 1. The van der Waals surface area contributed by atoms with Gasteiger partial charge in [-0.15, -0.1) is 16.4 Å². The average Bonchev–Trinajstić information content (AvgIpc) is 3.00. The zero-order valence-electron chi connectivity index (χ0n) is 9.24. The van der Waals surface area contributed by atoms with Crippen molar-refractivity contribution < 1.29 is 14.7 Å². The maximum Gasteiger partial charge on any atom is 0.358 e. The van der Waals surface area contributed by atoms with Crippen molar-refractivity contribution in [1.29, 1.82) is 0 Å². The van der Waals surface area contributed by atoms with Gasteiger partial charge in [-0.05, 0) is 11.4 Å². The van der Waals surface area contributed by atoms with E-state index in [-0.39, 0.29) is 11.6 Å². The van der Waals surface area contributed by atoms with Gasteiger partial charge >= 0.3 is 5.97 Å². The third-order valence-electron chi connectivity index (χ3n) is 2.13. The first-order chi connectivity index (χ1) is 8.66. The molecule has 18 heavy (non-hydrogen) atoms. The van der Waals surface area contributed by atoms with Crippen molar-refractivity contribution in [3.05, 3.63) is 34.3 Å². The zero-order valence-corrected chi connectivity index (χ0v) is 10.1. The highest BCUT2D eigenvalue weighted by Crippen LogP contribution is 2.07. The van der Waals surface area contributed by atoms with Crippen LogP contribution in [-0.4, -0.2) is 38.5 Å². The van der Waals surface area contributed by atoms with E-state index >= 15 is 0 Å². The molecule has 2 N–H and O–H groups in total. The largest absolute Gasteiger partial charge is 0.476 e. The molecule has 0 radical (unpaired) electrons. The van der Waals surface area contributed by atoms with E-state index in [4.69, 9.17) is 5.11 Å². The first-order valence-corrected chi connectivity index (χ1v) is 6.00. The molecule has 0 aliphatic heterocycles. The summed E-state index contributed by atoms with van der Waals surface area (Å²) >= 11 is 1.36. The lowest BCUT2D eigenvalue weighted by molar-refractivity contribution is 0.0690. The van der Waals surface area contributed by atoms with Crippen LogP contribution in [0.2, 0.25) is 0 Å². The lowest BCUT2D eigenvalue weighted by Crippen LogP contribution is -2.26. The van der Waals surface area contributed by atoms with Crippen LogP contribution in [0.3, 0.4) is 0 Å². The molecule has 0 bridgehead atoms. The van der Waals surface area contributed by atoms with Crippen LogP contribution in [0.4, 0.5) is 0 Å². The summed E-state index contributed by atoms with van der Waals surface area (Å²) in [6.07, 6.45) is 1.32. The molecule has 0 saturated heterocycles. The Kier molecular flexibility index (Phi) is 3.68. The van der Waals surface area contributed by atoms with Crippen LogP contribution in [0.25, 0.3) is 0 Å². The molecule has 7 nitrogen and oxygen atoms in total. The zero-order chi connectivity index (χ0) is 13.0. The molecule has 2 aromatic rings. The number of nitrogens with zero attached hydrogens (tertiary/aromatic N) is 3. The van der Waals surface area contributed by atoms with E-state index in [1.54, 1.807) is 12.1 Å². The SMILES string of the molecule is O=C(O)c1cn(CCNC(=O)c2cccs2)nn1. The number of amides is 1. The van der Waals surface area contributed by atoms with Crippen LogP contribution in [0.1, 0.15) is 20.2 Å². The predicted molar refractivity (Wildman–Crippen MR) is 63.6 cm³/mol. The highest BCUT2D eigenvalue weighted by Gasteiger charge is 2.09. The molecule has 94 valence electrons. The molecule has 0 aromatic carbocycles. The third-order valence-corrected chi connectivity index (χ3v) is 3.00. The number of aromatic carboxylic acids is 1. The van der Waals surface area contributed by atoms with Crippen LogP contribution in [0.5, 0.6) is 0 Å². The summed E-state index contributed by atoms with van der Waals surface area (Å²) < 4.78 is 1.37. The molecule has 8 heteroatoms. The van der Waals surface area contributed by atoms with Crippen molar-refractivity contribution in [3.8, 4) is 0 Å². The summed E-state index contributed by atoms with van der Waals surface area (Å²) in [5, 5.41) is 20.3. The highest BCUT2D eigenvalue weighted by atomic mass is 32.1. The maximum atomic E-state index is 11.6. The number of carbonyl (C=O) groups excluding carboxylic acids is 1. The molecule has 0 atom stereocenters. The summed E-state index contributed by atoms with van der Waals surface area (Å²) in [6, 6.07) is 3.54. The molecule has 1 amide bonds. The van der Waals surface area contributed by atoms with Crippen molar-refractivity contribution in [2.24, 2.45) is 0 Å². The minimum absolute atomic E-state index is 0.111. The normalized spacial score (nSPS) is 10.2.